The summed E-state index contributed by atoms with van der Waals surface area (Å²) in [7, 11) is 0. The van der Waals surface area contributed by atoms with Crippen LogP contribution in [0, 0.1) is 35.8 Å². The van der Waals surface area contributed by atoms with Crippen LogP contribution in [-0.4, -0.2) is 18.3 Å². The summed E-state index contributed by atoms with van der Waals surface area (Å²) in [5.74, 6) is 0. The van der Waals surface area contributed by atoms with E-state index in [1.54, 1.807) is 22.7 Å². The molecule has 0 radical (unpaired) electrons. The van der Waals surface area contributed by atoms with Gasteiger partial charge in [-0.2, -0.15) is 10.5 Å². The summed E-state index contributed by atoms with van der Waals surface area (Å²) in [6.07, 6.45) is 0. The van der Waals surface area contributed by atoms with Crippen molar-refractivity contribution in [2.75, 3.05) is 0 Å². The lowest BCUT2D eigenvalue weighted by molar-refractivity contribution is 1.13. The average Bonchev–Trinajstić information content (AvgIpc) is 4.49. The van der Waals surface area contributed by atoms with Crippen LogP contribution in [0.15, 0.2) is 206 Å². The van der Waals surface area contributed by atoms with Gasteiger partial charge in [0.05, 0.1) is 91.9 Å². The quantitative estimate of drug-likeness (QED) is 0.165. The normalized spacial score (nSPS) is 11.9. The van der Waals surface area contributed by atoms with Gasteiger partial charge in [-0.15, -0.1) is 22.7 Å². The van der Waals surface area contributed by atoms with E-state index in [1.807, 2.05) is 9.13 Å². The van der Waals surface area contributed by atoms with E-state index in [-0.39, 0.29) is 33.9 Å². The standard InChI is InChI=1S/C70H34N8S2/c1-73-67-53(37-71)69(77-59-29-27-39(75-55-21-9-3-15-41(55)42-16-4-10-22-56(42)75)31-47(59)49-33-51-45-19-7-13-25-63(45)79-65(51)35-61(49)77)54(38-72)68(74-2)70(67)78-60-30-28-40(76-57-23-11-5-17-43(57)44-18-6-12-24-58(44)76)32-48(60)50-34-52-46-20-8-14-26-64(46)80-66(52)36-62(50)78/h3-36H. The molecule has 17 rings (SSSR count). The third-order valence-corrected chi connectivity index (χ3v) is 18.7. The largest absolute Gasteiger partial charge is 0.329 e. The molecule has 6 heterocycles. The summed E-state index contributed by atoms with van der Waals surface area (Å²) >= 11 is 3.37. The first-order valence-electron chi connectivity index (χ1n) is 26.1. The van der Waals surface area contributed by atoms with Gasteiger partial charge >= 0.3 is 0 Å². The van der Waals surface area contributed by atoms with Gasteiger partial charge in [0.25, 0.3) is 0 Å². The highest BCUT2D eigenvalue weighted by Crippen LogP contribution is 2.51. The monoisotopic (exact) mass is 1050 g/mol. The summed E-state index contributed by atoms with van der Waals surface area (Å²) in [4.78, 5) is 8.54. The van der Waals surface area contributed by atoms with Crippen LogP contribution >= 0.6 is 22.7 Å². The molecule has 8 nitrogen and oxygen atoms in total. The highest BCUT2D eigenvalue weighted by Gasteiger charge is 2.32. The predicted molar refractivity (Wildman–Crippen MR) is 332 cm³/mol. The summed E-state index contributed by atoms with van der Waals surface area (Å²) in [6, 6.07) is 77.0. The molecule has 0 spiro atoms. The van der Waals surface area contributed by atoms with Crippen molar-refractivity contribution in [1.29, 1.82) is 10.5 Å². The van der Waals surface area contributed by atoms with Crippen molar-refractivity contribution in [3.63, 3.8) is 0 Å². The van der Waals surface area contributed by atoms with Crippen LogP contribution in [0.3, 0.4) is 0 Å². The van der Waals surface area contributed by atoms with Gasteiger partial charge in [-0.25, -0.2) is 9.69 Å². The van der Waals surface area contributed by atoms with Gasteiger partial charge in [-0.1, -0.05) is 109 Å². The molecular formula is C70H34N8S2. The fraction of sp³-hybridized carbons (Fsp3) is 0. The Morgan fingerprint density at radius 1 is 0.300 bits per heavy atom. The zero-order chi connectivity index (χ0) is 53.1. The van der Waals surface area contributed by atoms with Crippen LogP contribution in [0.5, 0.6) is 0 Å². The van der Waals surface area contributed by atoms with Crippen LogP contribution in [0.25, 0.3) is 160 Å². The van der Waals surface area contributed by atoms with Crippen LogP contribution in [0.4, 0.5) is 11.4 Å². The van der Waals surface area contributed by atoms with E-state index >= 15 is 0 Å². The molecule has 366 valence electrons. The van der Waals surface area contributed by atoms with E-state index in [0.717, 1.165) is 139 Å². The lowest BCUT2D eigenvalue weighted by Gasteiger charge is -2.20. The zero-order valence-corrected chi connectivity index (χ0v) is 43.7. The number of thiophene rings is 2. The van der Waals surface area contributed by atoms with Gasteiger partial charge in [0.15, 0.2) is 0 Å². The number of hydrogen-bond acceptors (Lipinski definition) is 4. The maximum absolute atomic E-state index is 11.8. The molecule has 0 saturated heterocycles. The van der Waals surface area contributed by atoms with Crippen LogP contribution in [0.1, 0.15) is 11.1 Å². The minimum Gasteiger partial charge on any atom is -0.329 e. The molecule has 0 aliphatic carbocycles. The summed E-state index contributed by atoms with van der Waals surface area (Å²) < 4.78 is 12.9. The van der Waals surface area contributed by atoms with Gasteiger partial charge < -0.3 is 18.3 Å². The van der Waals surface area contributed by atoms with Crippen LogP contribution in [0.2, 0.25) is 0 Å². The van der Waals surface area contributed by atoms with Crippen LogP contribution in [-0.2, 0) is 0 Å². The second kappa shape index (κ2) is 16.3. The average molecular weight is 1050 g/mol. The Morgan fingerprint density at radius 3 is 1.02 bits per heavy atom. The van der Waals surface area contributed by atoms with E-state index < -0.39 is 0 Å². The number of nitrogens with zero attached hydrogens (tertiary/aromatic N) is 8. The zero-order valence-electron chi connectivity index (χ0n) is 42.0. The number of para-hydroxylation sites is 4. The highest BCUT2D eigenvalue weighted by molar-refractivity contribution is 7.26. The molecule has 80 heavy (non-hydrogen) atoms. The van der Waals surface area contributed by atoms with E-state index in [1.165, 1.54) is 0 Å². The maximum atomic E-state index is 11.8. The van der Waals surface area contributed by atoms with Crippen molar-refractivity contribution in [2.24, 2.45) is 0 Å². The van der Waals surface area contributed by atoms with Crippen molar-refractivity contribution < 1.29 is 0 Å². The van der Waals surface area contributed by atoms with Gasteiger partial charge in [-0.3, -0.25) is 0 Å². The molecular weight excluding hydrogens is 1020 g/mol. The van der Waals surface area contributed by atoms with E-state index in [0.29, 0.717) is 0 Å². The summed E-state index contributed by atoms with van der Waals surface area (Å²) in [6.45, 7) is 18.3. The molecule has 0 amide bonds. The first kappa shape index (κ1) is 44.2. The third-order valence-electron chi connectivity index (χ3n) is 16.5. The minimum absolute atomic E-state index is 0.00551. The van der Waals surface area contributed by atoms with Crippen molar-refractivity contribution >= 4 is 162 Å². The minimum atomic E-state index is -0.00551. The molecule has 17 aromatic rings. The van der Waals surface area contributed by atoms with Crippen molar-refractivity contribution in [3.05, 3.63) is 240 Å². The molecule has 0 aliphatic heterocycles. The first-order chi connectivity index (χ1) is 39.5. The number of benzene rings is 11. The molecule has 0 fully saturated rings. The Kier molecular flexibility index (Phi) is 8.99. The van der Waals surface area contributed by atoms with Gasteiger partial charge in [0, 0.05) is 94.8 Å². The molecule has 0 bridgehead atoms. The molecule has 0 N–H and O–H groups in total. The number of aromatic nitrogens is 4. The number of nitriles is 2. The van der Waals surface area contributed by atoms with Crippen molar-refractivity contribution in [1.82, 2.24) is 18.3 Å². The number of fused-ring (bicyclic) bond motifs is 18. The van der Waals surface area contributed by atoms with Crippen molar-refractivity contribution in [2.45, 2.75) is 0 Å². The maximum Gasteiger partial charge on any atom is 0.219 e. The molecule has 0 saturated carbocycles. The van der Waals surface area contributed by atoms with Gasteiger partial charge in [-0.05, 0) is 97.1 Å². The van der Waals surface area contributed by atoms with E-state index in [9.17, 15) is 10.5 Å². The number of rotatable bonds is 4. The molecule has 6 aromatic heterocycles. The molecule has 0 unspecified atom stereocenters. The lowest BCUT2D eigenvalue weighted by atomic mass is 10.00. The Labute approximate surface area is 462 Å². The lowest BCUT2D eigenvalue weighted by Crippen LogP contribution is -2.06. The fourth-order valence-electron chi connectivity index (χ4n) is 13.2. The second-order valence-corrected chi connectivity index (χ2v) is 22.5. The Hall–Kier alpha value is -11.0. The summed E-state index contributed by atoms with van der Waals surface area (Å²) in [5.41, 5.74) is 9.61. The first-order valence-corrected chi connectivity index (χ1v) is 27.7. The molecule has 11 aromatic carbocycles. The highest BCUT2D eigenvalue weighted by atomic mass is 32.1. The Morgan fingerprint density at radius 2 is 0.637 bits per heavy atom. The summed E-state index contributed by atoms with van der Waals surface area (Å²) in [5, 5.41) is 36.2. The van der Waals surface area contributed by atoms with Crippen LogP contribution < -0.4 is 0 Å². The molecule has 0 aliphatic rings. The molecule has 0 atom stereocenters. The topological polar surface area (TPSA) is 76.0 Å². The Balaban J connectivity index is 0.984. The predicted octanol–water partition coefficient (Wildman–Crippen LogP) is 19.7. The fourth-order valence-corrected chi connectivity index (χ4v) is 15.4. The number of hydrogen-bond donors (Lipinski definition) is 0. The molecule has 10 heteroatoms. The van der Waals surface area contributed by atoms with Gasteiger partial charge in [0.2, 0.25) is 11.4 Å². The van der Waals surface area contributed by atoms with E-state index in [2.05, 4.69) is 237 Å². The Bertz CT molecular complexity index is 5340. The smallest absolute Gasteiger partial charge is 0.219 e. The SMILES string of the molecule is [C-]#[N+]c1c(C#N)c(-n2c3ccc(-n4c5ccccc5c5ccccc54)cc3c3cc4c(cc32)sc2ccccc24)c(C#N)c([N+]#[C-])c1-n1c2ccc(-n3c4ccccc4c4ccccc43)cc2c2cc3c(cc21)sc1ccccc13. The van der Waals surface area contributed by atoms with E-state index in [4.69, 9.17) is 13.1 Å². The third kappa shape index (κ3) is 5.77. The second-order valence-electron chi connectivity index (χ2n) is 20.3. The van der Waals surface area contributed by atoms with Crippen molar-refractivity contribution in [3.8, 4) is 34.9 Å². The van der Waals surface area contributed by atoms with Gasteiger partial charge in [0.1, 0.15) is 0 Å².